The monoisotopic (exact) mass is 269 g/mol. The molecule has 1 aliphatic heterocycles. The molecule has 1 atom stereocenters. The summed E-state index contributed by atoms with van der Waals surface area (Å²) in [7, 11) is 0. The van der Waals surface area contributed by atoms with E-state index in [2.05, 4.69) is 20.9 Å². The Morgan fingerprint density at radius 3 is 3.00 bits per heavy atom. The van der Waals surface area contributed by atoms with Gasteiger partial charge in [-0.3, -0.25) is 9.78 Å². The minimum absolute atomic E-state index is 0.0109. The van der Waals surface area contributed by atoms with Crippen LogP contribution in [0.15, 0.2) is 22.9 Å². The molecule has 0 aliphatic carbocycles. The van der Waals surface area contributed by atoms with Gasteiger partial charge in [0.05, 0.1) is 5.56 Å². The summed E-state index contributed by atoms with van der Waals surface area (Å²) in [6.45, 7) is 1.39. The number of nitrogens with zero attached hydrogens (tertiary/aromatic N) is 2. The molecule has 2 rings (SSSR count). The molecule has 1 aliphatic rings. The molecule has 15 heavy (non-hydrogen) atoms. The summed E-state index contributed by atoms with van der Waals surface area (Å²) in [5.41, 5.74) is 6.36. The van der Waals surface area contributed by atoms with Crippen LogP contribution in [0.2, 0.25) is 0 Å². The molecular weight excluding hydrogens is 258 g/mol. The molecule has 0 spiro atoms. The molecule has 0 saturated carbocycles. The molecule has 2 N–H and O–H groups in total. The lowest BCUT2D eigenvalue weighted by molar-refractivity contribution is 0.0790. The molecule has 0 aromatic carbocycles. The van der Waals surface area contributed by atoms with Crippen LogP contribution in [-0.2, 0) is 0 Å². The van der Waals surface area contributed by atoms with Crippen molar-refractivity contribution in [1.82, 2.24) is 9.88 Å². The molecule has 5 heteroatoms. The van der Waals surface area contributed by atoms with Gasteiger partial charge in [0.2, 0.25) is 0 Å². The van der Waals surface area contributed by atoms with Crippen LogP contribution >= 0.6 is 15.9 Å². The first-order valence-corrected chi connectivity index (χ1v) is 5.61. The number of carbonyl (C=O) groups is 1. The summed E-state index contributed by atoms with van der Waals surface area (Å²) in [5.74, 6) is 0.0109. The number of aromatic nitrogens is 1. The fourth-order valence-corrected chi connectivity index (χ4v) is 2.05. The van der Waals surface area contributed by atoms with Gasteiger partial charge in [-0.05, 0) is 28.4 Å². The van der Waals surface area contributed by atoms with Crippen LogP contribution in [0.1, 0.15) is 16.8 Å². The standard InChI is InChI=1S/C10H12BrN3O/c11-8-3-7(4-13-5-8)10(15)14-2-1-9(12)6-14/h3-5,9H,1-2,6,12H2/t9-/m0/s1. The first kappa shape index (κ1) is 10.6. The second-order valence-corrected chi connectivity index (χ2v) is 4.61. The first-order chi connectivity index (χ1) is 7.16. The maximum Gasteiger partial charge on any atom is 0.255 e. The Hall–Kier alpha value is -0.940. The Kier molecular flexibility index (Phi) is 3.02. The third-order valence-electron chi connectivity index (χ3n) is 2.46. The van der Waals surface area contributed by atoms with Gasteiger partial charge < -0.3 is 10.6 Å². The third kappa shape index (κ3) is 2.35. The average molecular weight is 270 g/mol. The molecule has 1 aromatic heterocycles. The third-order valence-corrected chi connectivity index (χ3v) is 2.90. The number of carbonyl (C=O) groups excluding carboxylic acids is 1. The summed E-state index contributed by atoms with van der Waals surface area (Å²) in [4.78, 5) is 17.7. The minimum atomic E-state index is 0.0109. The molecule has 0 radical (unpaired) electrons. The second-order valence-electron chi connectivity index (χ2n) is 3.69. The number of pyridine rings is 1. The highest BCUT2D eigenvalue weighted by atomic mass is 79.9. The van der Waals surface area contributed by atoms with Gasteiger partial charge in [0.25, 0.3) is 5.91 Å². The first-order valence-electron chi connectivity index (χ1n) is 4.82. The van der Waals surface area contributed by atoms with Gasteiger partial charge in [0, 0.05) is 36.0 Å². The van der Waals surface area contributed by atoms with Crippen molar-refractivity contribution >= 4 is 21.8 Å². The van der Waals surface area contributed by atoms with E-state index in [4.69, 9.17) is 5.73 Å². The van der Waals surface area contributed by atoms with Crippen LogP contribution in [0.4, 0.5) is 0 Å². The molecule has 0 bridgehead atoms. The normalized spacial score (nSPS) is 20.7. The molecule has 1 fully saturated rings. The number of rotatable bonds is 1. The topological polar surface area (TPSA) is 59.2 Å². The highest BCUT2D eigenvalue weighted by Gasteiger charge is 2.24. The molecule has 1 amide bonds. The summed E-state index contributed by atoms with van der Waals surface area (Å²) in [6, 6.07) is 1.90. The van der Waals surface area contributed by atoms with E-state index in [1.54, 1.807) is 23.4 Å². The Morgan fingerprint density at radius 2 is 2.40 bits per heavy atom. The van der Waals surface area contributed by atoms with E-state index in [9.17, 15) is 4.79 Å². The maximum absolute atomic E-state index is 12.0. The molecule has 1 saturated heterocycles. The lowest BCUT2D eigenvalue weighted by Gasteiger charge is -2.15. The van der Waals surface area contributed by atoms with Crippen LogP contribution in [0.5, 0.6) is 0 Å². The number of likely N-dealkylation sites (tertiary alicyclic amines) is 1. The fraction of sp³-hybridized carbons (Fsp3) is 0.400. The number of hydrogen-bond acceptors (Lipinski definition) is 3. The van der Waals surface area contributed by atoms with Gasteiger partial charge in [0.1, 0.15) is 0 Å². The predicted octanol–water partition coefficient (Wildman–Crippen LogP) is 1.02. The molecular formula is C10H12BrN3O. The van der Waals surface area contributed by atoms with Crippen molar-refractivity contribution < 1.29 is 4.79 Å². The van der Waals surface area contributed by atoms with E-state index in [1.807, 2.05) is 0 Å². The van der Waals surface area contributed by atoms with Gasteiger partial charge in [-0.15, -0.1) is 0 Å². The van der Waals surface area contributed by atoms with Gasteiger partial charge in [-0.2, -0.15) is 0 Å². The van der Waals surface area contributed by atoms with Crippen molar-refractivity contribution in [3.63, 3.8) is 0 Å². The van der Waals surface area contributed by atoms with E-state index in [0.29, 0.717) is 12.1 Å². The smallest absolute Gasteiger partial charge is 0.255 e. The Labute approximate surface area is 96.6 Å². The van der Waals surface area contributed by atoms with Crippen molar-refractivity contribution in [2.75, 3.05) is 13.1 Å². The predicted molar refractivity (Wildman–Crippen MR) is 60.4 cm³/mol. The molecule has 4 nitrogen and oxygen atoms in total. The highest BCUT2D eigenvalue weighted by Crippen LogP contribution is 2.15. The second kappa shape index (κ2) is 4.28. The van der Waals surface area contributed by atoms with Crippen LogP contribution in [0.3, 0.4) is 0 Å². The van der Waals surface area contributed by atoms with Crippen LogP contribution in [-0.4, -0.2) is 34.9 Å². The van der Waals surface area contributed by atoms with Crippen molar-refractivity contribution in [2.45, 2.75) is 12.5 Å². The average Bonchev–Trinajstić information content (AvgIpc) is 2.64. The van der Waals surface area contributed by atoms with Gasteiger partial charge in [-0.25, -0.2) is 0 Å². The number of nitrogens with two attached hydrogens (primary N) is 1. The lowest BCUT2D eigenvalue weighted by atomic mass is 10.2. The SMILES string of the molecule is N[C@H]1CCN(C(=O)c2cncc(Br)c2)C1. The van der Waals surface area contributed by atoms with Crippen molar-refractivity contribution in [3.8, 4) is 0 Å². The molecule has 80 valence electrons. The maximum atomic E-state index is 12.0. The summed E-state index contributed by atoms with van der Waals surface area (Å²) < 4.78 is 0.817. The highest BCUT2D eigenvalue weighted by molar-refractivity contribution is 9.10. The van der Waals surface area contributed by atoms with E-state index in [1.165, 1.54) is 0 Å². The van der Waals surface area contributed by atoms with Crippen LogP contribution in [0, 0.1) is 0 Å². The van der Waals surface area contributed by atoms with E-state index in [-0.39, 0.29) is 11.9 Å². The summed E-state index contributed by atoms with van der Waals surface area (Å²) >= 11 is 3.29. The van der Waals surface area contributed by atoms with Gasteiger partial charge in [-0.1, -0.05) is 0 Å². The number of hydrogen-bond donors (Lipinski definition) is 1. The fourth-order valence-electron chi connectivity index (χ4n) is 1.68. The van der Waals surface area contributed by atoms with Crippen LogP contribution < -0.4 is 5.73 Å². The van der Waals surface area contributed by atoms with E-state index < -0.39 is 0 Å². The Morgan fingerprint density at radius 1 is 1.60 bits per heavy atom. The quantitative estimate of drug-likeness (QED) is 0.828. The molecule has 0 unspecified atom stereocenters. The Bertz CT molecular complexity index is 383. The zero-order valence-corrected chi connectivity index (χ0v) is 9.77. The van der Waals surface area contributed by atoms with Crippen molar-refractivity contribution in [3.05, 3.63) is 28.5 Å². The zero-order valence-electron chi connectivity index (χ0n) is 8.19. The van der Waals surface area contributed by atoms with E-state index >= 15 is 0 Å². The molecule has 1 aromatic rings. The van der Waals surface area contributed by atoms with Crippen molar-refractivity contribution in [2.24, 2.45) is 5.73 Å². The summed E-state index contributed by atoms with van der Waals surface area (Å²) in [5, 5.41) is 0. The molecule has 2 heterocycles. The zero-order chi connectivity index (χ0) is 10.8. The Balaban J connectivity index is 2.14. The van der Waals surface area contributed by atoms with Crippen molar-refractivity contribution in [1.29, 1.82) is 0 Å². The van der Waals surface area contributed by atoms with Gasteiger partial charge in [0.15, 0.2) is 0 Å². The number of halogens is 1. The lowest BCUT2D eigenvalue weighted by Crippen LogP contribution is -2.31. The summed E-state index contributed by atoms with van der Waals surface area (Å²) in [6.07, 6.45) is 4.12. The minimum Gasteiger partial charge on any atom is -0.337 e. The van der Waals surface area contributed by atoms with Gasteiger partial charge >= 0.3 is 0 Å². The van der Waals surface area contributed by atoms with Crippen LogP contribution in [0.25, 0.3) is 0 Å². The largest absolute Gasteiger partial charge is 0.337 e. The number of amides is 1. The van der Waals surface area contributed by atoms with E-state index in [0.717, 1.165) is 17.4 Å².